The molecule has 13 nitrogen and oxygen atoms in total. The minimum Gasteiger partial charge on any atom is -0.481 e. The van der Waals surface area contributed by atoms with Crippen molar-refractivity contribution in [1.29, 1.82) is 0 Å². The maximum atomic E-state index is 12.6. The molecule has 0 saturated carbocycles. The Hall–Kier alpha value is -3.48. The van der Waals surface area contributed by atoms with E-state index in [1.54, 1.807) is 0 Å². The highest BCUT2D eigenvalue weighted by Crippen LogP contribution is 2.32. The van der Waals surface area contributed by atoms with Crippen LogP contribution in [0.1, 0.15) is 33.9 Å². The van der Waals surface area contributed by atoms with Crippen molar-refractivity contribution in [3.63, 3.8) is 0 Å². The summed E-state index contributed by atoms with van der Waals surface area (Å²) in [6, 6.07) is 0.220. The van der Waals surface area contributed by atoms with Crippen molar-refractivity contribution < 1.29 is 42.9 Å². The first-order chi connectivity index (χ1) is 15.0. The zero-order valence-electron chi connectivity index (χ0n) is 18.2. The largest absolute Gasteiger partial charge is 0.481 e. The lowest BCUT2D eigenvalue weighted by Crippen LogP contribution is -2.65. The van der Waals surface area contributed by atoms with E-state index in [4.69, 9.17) is 23.7 Å². The quantitative estimate of drug-likeness (QED) is 0.400. The lowest BCUT2D eigenvalue weighted by molar-refractivity contribution is -0.238. The van der Waals surface area contributed by atoms with E-state index < -0.39 is 60.1 Å². The summed E-state index contributed by atoms with van der Waals surface area (Å²) in [6.45, 7) is 4.26. The summed E-state index contributed by atoms with van der Waals surface area (Å²) < 4.78 is 27.6. The highest BCUT2D eigenvalue weighted by Gasteiger charge is 2.51. The van der Waals surface area contributed by atoms with Crippen LogP contribution < -0.4 is 15.7 Å². The molecule has 176 valence electrons. The van der Waals surface area contributed by atoms with E-state index in [1.165, 1.54) is 33.2 Å². The van der Waals surface area contributed by atoms with Gasteiger partial charge in [-0.2, -0.15) is 4.98 Å². The van der Waals surface area contributed by atoms with Gasteiger partial charge in [-0.3, -0.25) is 23.7 Å². The molecule has 1 fully saturated rings. The number of amides is 1. The Morgan fingerprint density at radius 3 is 2.19 bits per heavy atom. The van der Waals surface area contributed by atoms with Gasteiger partial charge in [0.05, 0.1) is 7.11 Å². The van der Waals surface area contributed by atoms with E-state index >= 15 is 0 Å². The summed E-state index contributed by atoms with van der Waals surface area (Å²) in [5, 5.41) is 2.57. The van der Waals surface area contributed by atoms with Gasteiger partial charge in [0.25, 0.3) is 0 Å². The first-order valence-electron chi connectivity index (χ1n) is 9.57. The number of nitrogens with zero attached hydrogens (tertiary/aromatic N) is 2. The topological polar surface area (TPSA) is 161 Å². The third kappa shape index (κ3) is 6.26. The van der Waals surface area contributed by atoms with Crippen molar-refractivity contribution in [1.82, 2.24) is 14.9 Å². The maximum absolute atomic E-state index is 12.6. The predicted octanol–water partition coefficient (Wildman–Crippen LogP) is -0.919. The molecule has 0 aromatic carbocycles. The van der Waals surface area contributed by atoms with Gasteiger partial charge in [0.15, 0.2) is 18.4 Å². The molecule has 1 aromatic rings. The highest BCUT2D eigenvalue weighted by atomic mass is 16.6. The summed E-state index contributed by atoms with van der Waals surface area (Å²) >= 11 is 0. The number of esters is 3. The van der Waals surface area contributed by atoms with Crippen LogP contribution in [0.4, 0.5) is 0 Å². The zero-order valence-corrected chi connectivity index (χ0v) is 18.2. The molecule has 0 spiro atoms. The maximum Gasteiger partial charge on any atom is 0.353 e. The van der Waals surface area contributed by atoms with Crippen LogP contribution in [0.2, 0.25) is 0 Å². The average Bonchev–Trinajstić information content (AvgIpc) is 2.68. The van der Waals surface area contributed by atoms with Crippen LogP contribution in [0.5, 0.6) is 5.88 Å². The van der Waals surface area contributed by atoms with Gasteiger partial charge in [0.2, 0.25) is 11.8 Å². The first-order valence-corrected chi connectivity index (χ1v) is 9.57. The molecule has 32 heavy (non-hydrogen) atoms. The van der Waals surface area contributed by atoms with Gasteiger partial charge in [-0.05, 0) is 0 Å². The third-order valence-corrected chi connectivity index (χ3v) is 4.38. The summed E-state index contributed by atoms with van der Waals surface area (Å²) in [6.07, 6.45) is -3.63. The Morgan fingerprint density at radius 2 is 1.69 bits per heavy atom. The number of methoxy groups -OCH3 is 1. The minimum atomic E-state index is -1.28. The fraction of sp³-hybridized carbons (Fsp3) is 0.579. The molecule has 5 atom stereocenters. The number of nitrogens with one attached hydrogen (secondary N) is 1. The van der Waals surface area contributed by atoms with Crippen LogP contribution >= 0.6 is 0 Å². The van der Waals surface area contributed by atoms with Crippen molar-refractivity contribution in [2.24, 2.45) is 0 Å². The van der Waals surface area contributed by atoms with Crippen LogP contribution in [-0.4, -0.2) is 71.4 Å². The number of ether oxygens (including phenoxy) is 5. The number of carbonyl (C=O) groups is 4. The molecule has 1 N–H and O–H groups in total. The number of carbonyl (C=O) groups excluding carboxylic acids is 4. The molecular formula is C19H25N3O10. The monoisotopic (exact) mass is 455 g/mol. The third-order valence-electron chi connectivity index (χ3n) is 4.38. The van der Waals surface area contributed by atoms with Gasteiger partial charge in [0.1, 0.15) is 18.8 Å². The number of aromatic nitrogens is 2. The van der Waals surface area contributed by atoms with E-state index in [-0.39, 0.29) is 12.5 Å². The normalized spacial score (nSPS) is 24.7. The van der Waals surface area contributed by atoms with Crippen molar-refractivity contribution in [3.05, 3.63) is 22.7 Å². The lowest BCUT2D eigenvalue weighted by Gasteiger charge is -2.45. The Kier molecular flexibility index (Phi) is 8.29. The summed E-state index contributed by atoms with van der Waals surface area (Å²) in [7, 11) is 1.33. The van der Waals surface area contributed by atoms with Crippen LogP contribution in [0.15, 0.2) is 17.1 Å². The van der Waals surface area contributed by atoms with Gasteiger partial charge in [0, 0.05) is 40.0 Å². The highest BCUT2D eigenvalue weighted by molar-refractivity contribution is 5.73. The Bertz CT molecular complexity index is 930. The molecule has 1 aliphatic heterocycles. The molecular weight excluding hydrogens is 430 g/mol. The van der Waals surface area contributed by atoms with Crippen molar-refractivity contribution in [2.45, 2.75) is 58.3 Å². The summed E-state index contributed by atoms with van der Waals surface area (Å²) in [5.74, 6) is -2.59. The molecule has 1 amide bonds. The molecule has 0 radical (unpaired) electrons. The minimum absolute atomic E-state index is 0.0453. The number of rotatable bonds is 7. The fourth-order valence-corrected chi connectivity index (χ4v) is 3.25. The van der Waals surface area contributed by atoms with Gasteiger partial charge >= 0.3 is 23.6 Å². The molecule has 5 unspecified atom stereocenters. The Balaban J connectivity index is 2.59. The van der Waals surface area contributed by atoms with E-state index in [1.807, 2.05) is 0 Å². The predicted molar refractivity (Wildman–Crippen MR) is 104 cm³/mol. The van der Waals surface area contributed by atoms with Crippen molar-refractivity contribution >= 4 is 23.8 Å². The lowest BCUT2D eigenvalue weighted by atomic mass is 9.95. The fourth-order valence-electron chi connectivity index (χ4n) is 3.25. The van der Waals surface area contributed by atoms with Gasteiger partial charge in [-0.1, -0.05) is 0 Å². The summed E-state index contributed by atoms with van der Waals surface area (Å²) in [5.41, 5.74) is -0.788. The Morgan fingerprint density at radius 1 is 1.06 bits per heavy atom. The Labute approximate surface area is 182 Å². The number of hydrogen-bond acceptors (Lipinski definition) is 11. The second-order valence-corrected chi connectivity index (χ2v) is 6.90. The second kappa shape index (κ2) is 10.7. The zero-order chi connectivity index (χ0) is 24.0. The molecule has 2 heterocycles. The van der Waals surface area contributed by atoms with E-state index in [0.717, 1.165) is 18.4 Å². The van der Waals surface area contributed by atoms with Crippen LogP contribution in [-0.2, 0) is 38.1 Å². The van der Waals surface area contributed by atoms with Gasteiger partial charge < -0.3 is 29.0 Å². The van der Waals surface area contributed by atoms with Crippen molar-refractivity contribution in [3.8, 4) is 5.88 Å². The summed E-state index contributed by atoms with van der Waals surface area (Å²) in [4.78, 5) is 63.2. The smallest absolute Gasteiger partial charge is 0.353 e. The second-order valence-electron chi connectivity index (χ2n) is 6.90. The van der Waals surface area contributed by atoms with E-state index in [0.29, 0.717) is 0 Å². The van der Waals surface area contributed by atoms with E-state index in [2.05, 4.69) is 10.3 Å². The standard InChI is InChI=1S/C19H25N3O10/c1-9(23)20-15-17(31-12(4)26)16(30-11(3)25)13(8-29-10(2)24)32-18(15)22-7-6-14(28-5)21-19(22)27/h6-7,13,15-18H,8H2,1-5H3,(H,20,23). The molecule has 13 heteroatoms. The van der Waals surface area contributed by atoms with Crippen LogP contribution in [0.3, 0.4) is 0 Å². The molecule has 0 aliphatic carbocycles. The first kappa shape index (κ1) is 24.8. The van der Waals surface area contributed by atoms with Crippen LogP contribution in [0, 0.1) is 0 Å². The number of hydrogen-bond donors (Lipinski definition) is 1. The average molecular weight is 455 g/mol. The molecule has 1 aromatic heterocycles. The van der Waals surface area contributed by atoms with Gasteiger partial charge in [-0.15, -0.1) is 0 Å². The van der Waals surface area contributed by atoms with E-state index in [9.17, 15) is 24.0 Å². The molecule has 2 rings (SSSR count). The van der Waals surface area contributed by atoms with Gasteiger partial charge in [-0.25, -0.2) is 4.79 Å². The molecule has 1 aliphatic rings. The molecule has 1 saturated heterocycles. The van der Waals surface area contributed by atoms with Crippen molar-refractivity contribution in [2.75, 3.05) is 13.7 Å². The molecule has 0 bridgehead atoms. The van der Waals surface area contributed by atoms with Crippen LogP contribution in [0.25, 0.3) is 0 Å². The SMILES string of the molecule is COc1ccn(C2OC(COC(C)=O)C(OC(C)=O)C(OC(C)=O)C2NC(C)=O)c(=O)n1.